The van der Waals surface area contributed by atoms with Gasteiger partial charge in [-0.1, -0.05) is 18.7 Å². The highest BCUT2D eigenvalue weighted by Crippen LogP contribution is 1.94. The van der Waals surface area contributed by atoms with Crippen LogP contribution in [-0.4, -0.2) is 29.1 Å². The van der Waals surface area contributed by atoms with Crippen LogP contribution in [0.25, 0.3) is 0 Å². The molecule has 1 atom stereocenters. The molecule has 2 radical (unpaired) electrons. The van der Waals surface area contributed by atoms with Gasteiger partial charge in [0.25, 0.3) is 9.76 Å². The molecule has 0 fully saturated rings. The summed E-state index contributed by atoms with van der Waals surface area (Å²) >= 11 is 0. The van der Waals surface area contributed by atoms with E-state index in [-0.39, 0.29) is 0 Å². The van der Waals surface area contributed by atoms with Crippen molar-refractivity contribution in [2.75, 3.05) is 13.2 Å². The fraction of sp³-hybridized carbons (Fsp3) is 0.778. The molecule has 0 aromatic heterocycles. The van der Waals surface area contributed by atoms with Crippen molar-refractivity contribution in [3.05, 3.63) is 11.8 Å². The number of ether oxygens (including phenoxy) is 1. The van der Waals surface area contributed by atoms with E-state index in [0.717, 1.165) is 6.42 Å². The number of allylic oxidation sites excluding steroid dienone is 1. The summed E-state index contributed by atoms with van der Waals surface area (Å²) in [6.07, 6.45) is 3.42. The maximum atomic E-state index is 5.43. The molecule has 0 aromatic carbocycles. The van der Waals surface area contributed by atoms with E-state index in [2.05, 4.69) is 13.8 Å². The average Bonchev–Trinajstić information content (AvgIpc) is 2.10. The minimum atomic E-state index is 0.360. The van der Waals surface area contributed by atoms with E-state index in [0.29, 0.717) is 29.1 Å². The molecule has 0 aliphatic carbocycles. The molecule has 0 saturated heterocycles. The van der Waals surface area contributed by atoms with Gasteiger partial charge in [0.2, 0.25) is 0 Å². The molecule has 1 unspecified atom stereocenters. The summed E-state index contributed by atoms with van der Waals surface area (Å²) in [5, 5.41) is 0. The van der Waals surface area contributed by atoms with Crippen molar-refractivity contribution < 1.29 is 9.16 Å². The first-order chi connectivity index (χ1) is 5.81. The lowest BCUT2D eigenvalue weighted by molar-refractivity contribution is 0.0437. The van der Waals surface area contributed by atoms with Crippen molar-refractivity contribution >= 4 is 9.76 Å². The van der Waals surface area contributed by atoms with Gasteiger partial charge in [0.05, 0.1) is 19.3 Å². The highest BCUT2D eigenvalue weighted by molar-refractivity contribution is 6.34. The molecule has 2 nitrogen and oxygen atoms in total. The molecule has 3 heteroatoms. The lowest BCUT2D eigenvalue weighted by Crippen LogP contribution is -2.12. The van der Waals surface area contributed by atoms with Crippen LogP contribution in [0.15, 0.2) is 11.8 Å². The maximum Gasteiger partial charge on any atom is 0.260 e. The Morgan fingerprint density at radius 2 is 2.17 bits per heavy atom. The quantitative estimate of drug-likeness (QED) is 0.447. The Hall–Kier alpha value is -0.123. The second-order valence-corrected chi connectivity index (χ2v) is 3.41. The predicted molar refractivity (Wildman–Crippen MR) is 52.2 cm³/mol. The van der Waals surface area contributed by atoms with E-state index in [1.807, 2.05) is 18.7 Å². The van der Waals surface area contributed by atoms with E-state index >= 15 is 0 Å². The van der Waals surface area contributed by atoms with Crippen LogP contribution in [0, 0.1) is 0 Å². The number of hydrogen-bond donors (Lipinski definition) is 0. The highest BCUT2D eigenvalue weighted by atomic mass is 28.2. The third-order valence-corrected chi connectivity index (χ3v) is 2.32. The second-order valence-electron chi connectivity index (χ2n) is 2.56. The third-order valence-electron chi connectivity index (χ3n) is 1.48. The standard InChI is InChI=1S/C9H18O2Si/c1-4-8-12-11-7-6-10-9(3)5-2/h4,8-9H,5-7H2,1-3H3/b8-4+. The van der Waals surface area contributed by atoms with E-state index < -0.39 is 0 Å². The van der Waals surface area contributed by atoms with Crippen molar-refractivity contribution in [2.45, 2.75) is 33.3 Å². The van der Waals surface area contributed by atoms with Gasteiger partial charge in [0.1, 0.15) is 0 Å². The van der Waals surface area contributed by atoms with E-state index in [1.54, 1.807) is 0 Å². The zero-order chi connectivity index (χ0) is 9.23. The van der Waals surface area contributed by atoms with Gasteiger partial charge < -0.3 is 9.16 Å². The second kappa shape index (κ2) is 8.97. The van der Waals surface area contributed by atoms with Gasteiger partial charge >= 0.3 is 0 Å². The molecule has 0 rings (SSSR count). The van der Waals surface area contributed by atoms with Crippen molar-refractivity contribution in [2.24, 2.45) is 0 Å². The Kier molecular flexibility index (Phi) is 8.88. The molecule has 0 bridgehead atoms. The van der Waals surface area contributed by atoms with Crippen LogP contribution in [0.1, 0.15) is 27.2 Å². The lowest BCUT2D eigenvalue weighted by Gasteiger charge is -2.09. The maximum absolute atomic E-state index is 5.43. The van der Waals surface area contributed by atoms with Gasteiger partial charge in [0, 0.05) is 0 Å². The summed E-state index contributed by atoms with van der Waals surface area (Å²) in [7, 11) is 0.476. The van der Waals surface area contributed by atoms with Crippen molar-refractivity contribution in [1.29, 1.82) is 0 Å². The van der Waals surface area contributed by atoms with Crippen LogP contribution in [0.5, 0.6) is 0 Å². The minimum Gasteiger partial charge on any atom is -0.410 e. The number of rotatable bonds is 7. The van der Waals surface area contributed by atoms with E-state index in [4.69, 9.17) is 9.16 Å². The van der Waals surface area contributed by atoms with Gasteiger partial charge in [0.15, 0.2) is 0 Å². The first kappa shape index (κ1) is 11.9. The van der Waals surface area contributed by atoms with Gasteiger partial charge in [-0.2, -0.15) is 0 Å². The van der Waals surface area contributed by atoms with Crippen LogP contribution in [0.3, 0.4) is 0 Å². The minimum absolute atomic E-state index is 0.360. The Morgan fingerprint density at radius 1 is 1.42 bits per heavy atom. The predicted octanol–water partition coefficient (Wildman–Crippen LogP) is 1.97. The van der Waals surface area contributed by atoms with Gasteiger partial charge in [-0.15, -0.1) is 0 Å². The number of hydrogen-bond acceptors (Lipinski definition) is 2. The van der Waals surface area contributed by atoms with E-state index in [1.165, 1.54) is 0 Å². The summed E-state index contributed by atoms with van der Waals surface area (Å²) in [6, 6.07) is 0. The zero-order valence-electron chi connectivity index (χ0n) is 8.17. The Balaban J connectivity index is 3.00. The molecule has 0 aliphatic heterocycles. The molecule has 0 saturated carbocycles. The molecular weight excluding hydrogens is 168 g/mol. The monoisotopic (exact) mass is 186 g/mol. The molecule has 0 spiro atoms. The first-order valence-electron chi connectivity index (χ1n) is 4.41. The molecule has 0 N–H and O–H groups in total. The molecule has 0 amide bonds. The Morgan fingerprint density at radius 3 is 2.75 bits per heavy atom. The molecule has 0 heterocycles. The first-order valence-corrected chi connectivity index (χ1v) is 5.39. The van der Waals surface area contributed by atoms with Crippen LogP contribution >= 0.6 is 0 Å². The Bertz CT molecular complexity index is 115. The normalized spacial score (nSPS) is 13.9. The topological polar surface area (TPSA) is 18.5 Å². The molecule has 0 aliphatic rings. The third kappa shape index (κ3) is 7.98. The smallest absolute Gasteiger partial charge is 0.260 e. The van der Waals surface area contributed by atoms with Crippen molar-refractivity contribution in [3.8, 4) is 0 Å². The largest absolute Gasteiger partial charge is 0.410 e. The molecule has 70 valence electrons. The summed E-state index contributed by atoms with van der Waals surface area (Å²) in [5.41, 5.74) is 2.02. The average molecular weight is 186 g/mol. The molecule has 12 heavy (non-hydrogen) atoms. The molecular formula is C9H18O2Si. The van der Waals surface area contributed by atoms with Crippen molar-refractivity contribution in [3.63, 3.8) is 0 Å². The summed E-state index contributed by atoms with van der Waals surface area (Å²) in [5.74, 6) is 0. The van der Waals surface area contributed by atoms with Crippen molar-refractivity contribution in [1.82, 2.24) is 0 Å². The van der Waals surface area contributed by atoms with Gasteiger partial charge in [-0.05, 0) is 20.3 Å². The fourth-order valence-corrected chi connectivity index (χ4v) is 1.02. The van der Waals surface area contributed by atoms with Crippen LogP contribution in [0.2, 0.25) is 0 Å². The summed E-state index contributed by atoms with van der Waals surface area (Å²) in [4.78, 5) is 0. The Labute approximate surface area is 77.9 Å². The van der Waals surface area contributed by atoms with Crippen LogP contribution < -0.4 is 0 Å². The summed E-state index contributed by atoms with van der Waals surface area (Å²) < 4.78 is 10.7. The fourth-order valence-electron chi connectivity index (χ4n) is 0.584. The van der Waals surface area contributed by atoms with Gasteiger partial charge in [-0.3, -0.25) is 0 Å². The molecule has 0 aromatic rings. The van der Waals surface area contributed by atoms with Gasteiger partial charge in [-0.25, -0.2) is 0 Å². The van der Waals surface area contributed by atoms with Crippen LogP contribution in [0.4, 0.5) is 0 Å². The van der Waals surface area contributed by atoms with E-state index in [9.17, 15) is 0 Å². The summed E-state index contributed by atoms with van der Waals surface area (Å²) in [6.45, 7) is 7.60. The highest BCUT2D eigenvalue weighted by Gasteiger charge is 1.96. The van der Waals surface area contributed by atoms with Crippen LogP contribution in [-0.2, 0) is 9.16 Å². The SMILES string of the molecule is C/C=C/[Si]OCCOC(C)CC. The lowest BCUT2D eigenvalue weighted by atomic mass is 10.3. The zero-order valence-corrected chi connectivity index (χ0v) is 9.17.